The van der Waals surface area contributed by atoms with Crippen LogP contribution in [0.4, 0.5) is 5.69 Å². The standard InChI is InChI=1S/C18H22N4O5S/c1-13-18(22(24)25)14(2)21(19-13)11-17(23)20(10-15-6-4-3-5-7-15)16-8-9-28(26,27)12-16/h3-7,16H,8-12H2,1-2H3. The van der Waals surface area contributed by atoms with Crippen LogP contribution in [-0.4, -0.2) is 51.5 Å². The molecule has 1 amide bonds. The van der Waals surface area contributed by atoms with E-state index >= 15 is 0 Å². The van der Waals surface area contributed by atoms with E-state index in [9.17, 15) is 23.3 Å². The fourth-order valence-corrected chi connectivity index (χ4v) is 5.28. The molecule has 1 aliphatic heterocycles. The second kappa shape index (κ2) is 7.70. The van der Waals surface area contributed by atoms with Crippen molar-refractivity contribution in [3.8, 4) is 0 Å². The number of nitro groups is 1. The van der Waals surface area contributed by atoms with Crippen molar-refractivity contribution >= 4 is 21.4 Å². The third-order valence-corrected chi connectivity index (χ3v) is 6.73. The number of amides is 1. The molecule has 2 heterocycles. The lowest BCUT2D eigenvalue weighted by Gasteiger charge is -2.28. The first kappa shape index (κ1) is 20.0. The van der Waals surface area contributed by atoms with E-state index in [1.807, 2.05) is 30.3 Å². The van der Waals surface area contributed by atoms with Gasteiger partial charge in [-0.3, -0.25) is 19.6 Å². The van der Waals surface area contributed by atoms with Crippen LogP contribution in [0.3, 0.4) is 0 Å². The van der Waals surface area contributed by atoms with Crippen molar-refractivity contribution in [2.24, 2.45) is 0 Å². The zero-order chi connectivity index (χ0) is 20.5. The molecule has 1 atom stereocenters. The Morgan fingerprint density at radius 1 is 1.32 bits per heavy atom. The van der Waals surface area contributed by atoms with E-state index in [0.717, 1.165) is 5.56 Å². The minimum atomic E-state index is -3.17. The van der Waals surface area contributed by atoms with Gasteiger partial charge in [-0.15, -0.1) is 0 Å². The van der Waals surface area contributed by atoms with Gasteiger partial charge in [0.05, 0.1) is 16.4 Å². The molecule has 1 fully saturated rings. The average molecular weight is 406 g/mol. The molecule has 0 bridgehead atoms. The highest BCUT2D eigenvalue weighted by molar-refractivity contribution is 7.91. The van der Waals surface area contributed by atoms with E-state index in [-0.39, 0.29) is 41.9 Å². The Labute approximate surface area is 163 Å². The molecule has 0 radical (unpaired) electrons. The molecular formula is C18H22N4O5S. The van der Waals surface area contributed by atoms with Gasteiger partial charge < -0.3 is 4.90 Å². The van der Waals surface area contributed by atoms with Crippen LogP contribution in [0.15, 0.2) is 30.3 Å². The van der Waals surface area contributed by atoms with Crippen molar-refractivity contribution in [2.75, 3.05) is 11.5 Å². The van der Waals surface area contributed by atoms with Crippen molar-refractivity contribution in [3.05, 3.63) is 57.4 Å². The van der Waals surface area contributed by atoms with E-state index in [1.54, 1.807) is 11.8 Å². The van der Waals surface area contributed by atoms with Gasteiger partial charge in [-0.05, 0) is 25.8 Å². The highest BCUT2D eigenvalue weighted by Crippen LogP contribution is 2.24. The quantitative estimate of drug-likeness (QED) is 0.532. The molecule has 10 heteroatoms. The molecule has 1 aromatic heterocycles. The van der Waals surface area contributed by atoms with Gasteiger partial charge in [-0.2, -0.15) is 5.10 Å². The molecule has 3 rings (SSSR count). The maximum atomic E-state index is 13.1. The van der Waals surface area contributed by atoms with Crippen LogP contribution in [0.1, 0.15) is 23.4 Å². The molecule has 9 nitrogen and oxygen atoms in total. The third kappa shape index (κ3) is 4.22. The average Bonchev–Trinajstić information content (AvgIpc) is 3.12. The molecule has 1 unspecified atom stereocenters. The van der Waals surface area contributed by atoms with E-state index < -0.39 is 20.8 Å². The van der Waals surface area contributed by atoms with Crippen LogP contribution in [-0.2, 0) is 27.7 Å². The van der Waals surface area contributed by atoms with Gasteiger partial charge in [-0.25, -0.2) is 8.42 Å². The second-order valence-corrected chi connectivity index (χ2v) is 9.23. The minimum absolute atomic E-state index is 0.0572. The predicted molar refractivity (Wildman–Crippen MR) is 102 cm³/mol. The Morgan fingerprint density at radius 3 is 2.54 bits per heavy atom. The van der Waals surface area contributed by atoms with Gasteiger partial charge in [0, 0.05) is 12.6 Å². The van der Waals surface area contributed by atoms with Gasteiger partial charge in [0.2, 0.25) is 5.91 Å². The normalized spacial score (nSPS) is 18.1. The van der Waals surface area contributed by atoms with Gasteiger partial charge >= 0.3 is 5.69 Å². The van der Waals surface area contributed by atoms with Gasteiger partial charge in [-0.1, -0.05) is 30.3 Å². The molecule has 2 aromatic rings. The summed E-state index contributed by atoms with van der Waals surface area (Å²) in [5, 5.41) is 15.3. The summed E-state index contributed by atoms with van der Waals surface area (Å²) in [6, 6.07) is 8.91. The summed E-state index contributed by atoms with van der Waals surface area (Å²) in [6.45, 7) is 3.18. The van der Waals surface area contributed by atoms with E-state index in [4.69, 9.17) is 0 Å². The molecular weight excluding hydrogens is 384 g/mol. The maximum absolute atomic E-state index is 13.1. The summed E-state index contributed by atoms with van der Waals surface area (Å²) in [6.07, 6.45) is 0.387. The topological polar surface area (TPSA) is 115 Å². The van der Waals surface area contributed by atoms with Crippen molar-refractivity contribution < 1.29 is 18.1 Å². The minimum Gasteiger partial charge on any atom is -0.333 e. The first-order chi connectivity index (χ1) is 13.2. The summed E-state index contributed by atoms with van der Waals surface area (Å²) in [4.78, 5) is 25.3. The number of hydrogen-bond donors (Lipinski definition) is 0. The Bertz CT molecular complexity index is 1000. The van der Waals surface area contributed by atoms with Crippen LogP contribution >= 0.6 is 0 Å². The molecule has 0 saturated carbocycles. The second-order valence-electron chi connectivity index (χ2n) is 7.00. The van der Waals surface area contributed by atoms with Gasteiger partial charge in [0.1, 0.15) is 17.9 Å². The molecule has 1 aliphatic rings. The van der Waals surface area contributed by atoms with Crippen molar-refractivity contribution in [3.63, 3.8) is 0 Å². The maximum Gasteiger partial charge on any atom is 0.312 e. The zero-order valence-corrected chi connectivity index (χ0v) is 16.6. The van der Waals surface area contributed by atoms with Crippen LogP contribution in [0.5, 0.6) is 0 Å². The molecule has 1 saturated heterocycles. The van der Waals surface area contributed by atoms with Crippen LogP contribution in [0, 0.1) is 24.0 Å². The monoisotopic (exact) mass is 406 g/mol. The summed E-state index contributed by atoms with van der Waals surface area (Å²) in [5.41, 5.74) is 1.33. The van der Waals surface area contributed by atoms with Crippen LogP contribution < -0.4 is 0 Å². The lowest BCUT2D eigenvalue weighted by Crippen LogP contribution is -2.42. The van der Waals surface area contributed by atoms with Crippen molar-refractivity contribution in [1.82, 2.24) is 14.7 Å². The fourth-order valence-electron chi connectivity index (χ4n) is 3.55. The number of aromatic nitrogens is 2. The Balaban J connectivity index is 1.86. The lowest BCUT2D eigenvalue weighted by molar-refractivity contribution is -0.386. The Kier molecular flexibility index (Phi) is 5.50. The number of hydrogen-bond acceptors (Lipinski definition) is 6. The number of sulfone groups is 1. The number of benzene rings is 1. The highest BCUT2D eigenvalue weighted by atomic mass is 32.2. The predicted octanol–water partition coefficient (Wildman–Crippen LogP) is 1.62. The smallest absolute Gasteiger partial charge is 0.312 e. The number of carbonyl (C=O) groups is 1. The van der Waals surface area contributed by atoms with Crippen LogP contribution in [0.2, 0.25) is 0 Å². The van der Waals surface area contributed by atoms with E-state index in [2.05, 4.69) is 5.10 Å². The molecule has 1 aromatic carbocycles. The van der Waals surface area contributed by atoms with Crippen LogP contribution in [0.25, 0.3) is 0 Å². The van der Waals surface area contributed by atoms with Crippen molar-refractivity contribution in [2.45, 2.75) is 39.4 Å². The summed E-state index contributed by atoms with van der Waals surface area (Å²) >= 11 is 0. The summed E-state index contributed by atoms with van der Waals surface area (Å²) < 4.78 is 25.2. The molecule has 28 heavy (non-hydrogen) atoms. The number of rotatable bonds is 6. The Morgan fingerprint density at radius 2 is 2.00 bits per heavy atom. The molecule has 0 spiro atoms. The van der Waals surface area contributed by atoms with Gasteiger partial charge in [0.15, 0.2) is 9.84 Å². The Hall–Kier alpha value is -2.75. The molecule has 150 valence electrons. The SMILES string of the molecule is Cc1nn(CC(=O)N(Cc2ccccc2)C2CCS(=O)(=O)C2)c(C)c1[N+](=O)[O-]. The number of nitrogens with zero attached hydrogens (tertiary/aromatic N) is 4. The first-order valence-corrected chi connectivity index (χ1v) is 10.7. The highest BCUT2D eigenvalue weighted by Gasteiger charge is 2.35. The molecule has 0 N–H and O–H groups in total. The summed E-state index contributed by atoms with van der Waals surface area (Å²) in [7, 11) is -3.17. The van der Waals surface area contributed by atoms with Gasteiger partial charge in [0.25, 0.3) is 0 Å². The van der Waals surface area contributed by atoms with E-state index in [0.29, 0.717) is 12.1 Å². The largest absolute Gasteiger partial charge is 0.333 e. The first-order valence-electron chi connectivity index (χ1n) is 8.90. The number of aryl methyl sites for hydroxylation is 1. The lowest BCUT2D eigenvalue weighted by atomic mass is 10.1. The fraction of sp³-hybridized carbons (Fsp3) is 0.444. The van der Waals surface area contributed by atoms with E-state index in [1.165, 1.54) is 11.6 Å². The zero-order valence-electron chi connectivity index (χ0n) is 15.7. The molecule has 0 aliphatic carbocycles. The third-order valence-electron chi connectivity index (χ3n) is 4.98. The van der Waals surface area contributed by atoms with Crippen molar-refractivity contribution in [1.29, 1.82) is 0 Å². The summed E-state index contributed by atoms with van der Waals surface area (Å²) in [5.74, 6) is -0.323. The number of carbonyl (C=O) groups excluding carboxylic acids is 1.